The second-order valence-corrected chi connectivity index (χ2v) is 11.6. The Morgan fingerprint density at radius 2 is 1.52 bits per heavy atom. The summed E-state index contributed by atoms with van der Waals surface area (Å²) in [6, 6.07) is -1.56. The van der Waals surface area contributed by atoms with E-state index in [2.05, 4.69) is 36.7 Å². The number of nitrogens with one attached hydrogen (secondary N) is 3. The largest absolute Gasteiger partial charge is 0.368 e. The quantitative estimate of drug-likeness (QED) is 0.200. The lowest BCUT2D eigenvalue weighted by Crippen LogP contribution is -2.53. The van der Waals surface area contributed by atoms with Crippen molar-refractivity contribution in [2.24, 2.45) is 5.73 Å². The molecule has 0 bridgehead atoms. The van der Waals surface area contributed by atoms with E-state index in [1.807, 2.05) is 13.8 Å². The topological polar surface area (TPSA) is 130 Å². The molecule has 0 aromatic heterocycles. The van der Waals surface area contributed by atoms with E-state index in [1.165, 1.54) is 10.8 Å². The summed E-state index contributed by atoms with van der Waals surface area (Å²) in [6.07, 6.45) is 4.05. The fraction of sp³-hybridized carbons (Fsp3) is 0.810. The van der Waals surface area contributed by atoms with E-state index in [9.17, 15) is 19.2 Å². The maximum atomic E-state index is 12.8. The molecule has 8 nitrogen and oxygen atoms in total. The zero-order valence-corrected chi connectivity index (χ0v) is 21.2. The smallest absolute Gasteiger partial charge is 0.243 e. The van der Waals surface area contributed by atoms with Gasteiger partial charge in [0.2, 0.25) is 23.6 Å². The number of amides is 4. The van der Waals surface area contributed by atoms with Crippen LogP contribution in [0.1, 0.15) is 79.6 Å². The van der Waals surface area contributed by atoms with Crippen LogP contribution >= 0.6 is 21.6 Å². The number of hydrogen-bond acceptors (Lipinski definition) is 6. The number of primary amides is 1. The van der Waals surface area contributed by atoms with Gasteiger partial charge in [0.15, 0.2) is 0 Å². The average molecular weight is 477 g/mol. The highest BCUT2D eigenvalue weighted by Gasteiger charge is 2.26. The van der Waals surface area contributed by atoms with Crippen molar-refractivity contribution < 1.29 is 19.2 Å². The van der Waals surface area contributed by atoms with Gasteiger partial charge in [-0.15, -0.1) is 0 Å². The lowest BCUT2D eigenvalue weighted by Gasteiger charge is -2.23. The Kier molecular flexibility index (Phi) is 15.5. The van der Waals surface area contributed by atoms with E-state index in [1.54, 1.807) is 10.8 Å². The normalized spacial score (nSPS) is 13.2. The van der Waals surface area contributed by atoms with E-state index in [0.717, 1.165) is 6.42 Å². The fourth-order valence-corrected chi connectivity index (χ4v) is 5.00. The SMILES string of the molecule is CCCC(=O)NCCCCC(NC(=O)CCC)C(=O)NC(CSSC(C)(C)C)C(N)=O. The zero-order valence-electron chi connectivity index (χ0n) is 19.5. The van der Waals surface area contributed by atoms with Crippen molar-refractivity contribution in [1.29, 1.82) is 0 Å². The van der Waals surface area contributed by atoms with Crippen molar-refractivity contribution in [3.05, 3.63) is 0 Å². The predicted molar refractivity (Wildman–Crippen MR) is 130 cm³/mol. The first-order valence-electron chi connectivity index (χ1n) is 11.0. The highest BCUT2D eigenvalue weighted by atomic mass is 33.1. The molecule has 180 valence electrons. The average Bonchev–Trinajstić information content (AvgIpc) is 2.65. The molecule has 0 radical (unpaired) electrons. The Morgan fingerprint density at radius 1 is 0.903 bits per heavy atom. The van der Waals surface area contributed by atoms with Crippen molar-refractivity contribution in [3.8, 4) is 0 Å². The van der Waals surface area contributed by atoms with E-state index in [4.69, 9.17) is 5.73 Å². The second kappa shape index (κ2) is 16.2. The third kappa shape index (κ3) is 15.9. The van der Waals surface area contributed by atoms with E-state index < -0.39 is 23.9 Å². The summed E-state index contributed by atoms with van der Waals surface area (Å²) in [5.74, 6) is -0.852. The van der Waals surface area contributed by atoms with Crippen LogP contribution in [-0.4, -0.2) is 52.8 Å². The number of nitrogens with two attached hydrogens (primary N) is 1. The van der Waals surface area contributed by atoms with Crippen LogP contribution in [0.25, 0.3) is 0 Å². The standard InChI is InChI=1S/C21H40N4O4S2/c1-6-10-17(26)23-13-9-8-12-15(24-18(27)11-7-2)20(29)25-16(19(22)28)14-30-31-21(3,4)5/h15-16H,6-14H2,1-5H3,(H2,22,28)(H,23,26)(H,24,27)(H,25,29). The Hall–Kier alpha value is -1.42. The van der Waals surface area contributed by atoms with Crippen molar-refractivity contribution in [2.75, 3.05) is 12.3 Å². The Labute approximate surface area is 194 Å². The van der Waals surface area contributed by atoms with Crippen LogP contribution in [-0.2, 0) is 19.2 Å². The molecular weight excluding hydrogens is 436 g/mol. The molecule has 2 unspecified atom stereocenters. The van der Waals surface area contributed by atoms with E-state index >= 15 is 0 Å². The van der Waals surface area contributed by atoms with Crippen LogP contribution in [0.2, 0.25) is 0 Å². The predicted octanol–water partition coefficient (Wildman–Crippen LogP) is 2.51. The summed E-state index contributed by atoms with van der Waals surface area (Å²) in [5.41, 5.74) is 5.47. The van der Waals surface area contributed by atoms with E-state index in [0.29, 0.717) is 50.8 Å². The van der Waals surface area contributed by atoms with Gasteiger partial charge in [-0.1, -0.05) is 56.2 Å². The van der Waals surface area contributed by atoms with Crippen molar-refractivity contribution >= 4 is 45.2 Å². The lowest BCUT2D eigenvalue weighted by atomic mass is 10.1. The number of carbonyl (C=O) groups excluding carboxylic acids is 4. The molecule has 0 aromatic carbocycles. The third-order valence-corrected chi connectivity index (χ3v) is 7.40. The van der Waals surface area contributed by atoms with Gasteiger partial charge in [0.1, 0.15) is 12.1 Å². The summed E-state index contributed by atoms with van der Waals surface area (Å²) in [4.78, 5) is 48.2. The highest BCUT2D eigenvalue weighted by molar-refractivity contribution is 8.77. The van der Waals surface area contributed by atoms with Gasteiger partial charge in [-0.3, -0.25) is 19.2 Å². The van der Waals surface area contributed by atoms with Crippen molar-refractivity contribution in [3.63, 3.8) is 0 Å². The molecule has 4 amide bonds. The molecule has 0 spiro atoms. The molecule has 0 fully saturated rings. The Balaban J connectivity index is 4.79. The van der Waals surface area contributed by atoms with Gasteiger partial charge in [0.25, 0.3) is 0 Å². The van der Waals surface area contributed by atoms with Crippen LogP contribution in [0.5, 0.6) is 0 Å². The summed E-state index contributed by atoms with van der Waals surface area (Å²) in [6.45, 7) is 10.6. The van der Waals surface area contributed by atoms with Gasteiger partial charge >= 0.3 is 0 Å². The fourth-order valence-electron chi connectivity index (χ4n) is 2.53. The number of carbonyl (C=O) groups is 4. The van der Waals surface area contributed by atoms with Gasteiger partial charge in [-0.25, -0.2) is 0 Å². The summed E-state index contributed by atoms with van der Waals surface area (Å²) >= 11 is 0. The van der Waals surface area contributed by atoms with Gasteiger partial charge in [-0.05, 0) is 32.1 Å². The van der Waals surface area contributed by atoms with Gasteiger partial charge in [0, 0.05) is 29.9 Å². The molecule has 2 atom stereocenters. The summed E-state index contributed by atoms with van der Waals surface area (Å²) in [5, 5.41) is 8.29. The molecule has 0 saturated carbocycles. The summed E-state index contributed by atoms with van der Waals surface area (Å²) in [7, 11) is 3.09. The Bertz CT molecular complexity index is 582. The molecule has 0 aliphatic rings. The first kappa shape index (κ1) is 29.6. The molecule has 0 aromatic rings. The molecule has 0 rings (SSSR count). The molecule has 10 heteroatoms. The first-order valence-corrected chi connectivity index (χ1v) is 13.3. The minimum Gasteiger partial charge on any atom is -0.368 e. The van der Waals surface area contributed by atoms with Gasteiger partial charge < -0.3 is 21.7 Å². The van der Waals surface area contributed by atoms with Crippen LogP contribution in [0, 0.1) is 0 Å². The zero-order chi connectivity index (χ0) is 23.9. The van der Waals surface area contributed by atoms with E-state index in [-0.39, 0.29) is 16.6 Å². The highest BCUT2D eigenvalue weighted by Crippen LogP contribution is 2.35. The van der Waals surface area contributed by atoms with Gasteiger partial charge in [0.05, 0.1) is 0 Å². The summed E-state index contributed by atoms with van der Waals surface area (Å²) < 4.78 is 0.0140. The third-order valence-electron chi connectivity index (χ3n) is 4.05. The maximum absolute atomic E-state index is 12.8. The molecule has 5 N–H and O–H groups in total. The number of hydrogen-bond donors (Lipinski definition) is 4. The van der Waals surface area contributed by atoms with Crippen molar-refractivity contribution in [1.82, 2.24) is 16.0 Å². The molecular formula is C21H40N4O4S2. The van der Waals surface area contributed by atoms with Crippen LogP contribution in [0.4, 0.5) is 0 Å². The second-order valence-electron chi connectivity index (χ2n) is 8.41. The van der Waals surface area contributed by atoms with Crippen LogP contribution in [0.3, 0.4) is 0 Å². The van der Waals surface area contributed by atoms with Gasteiger partial charge in [-0.2, -0.15) is 0 Å². The minimum atomic E-state index is -0.814. The lowest BCUT2D eigenvalue weighted by molar-refractivity contribution is -0.131. The van der Waals surface area contributed by atoms with Crippen LogP contribution < -0.4 is 21.7 Å². The monoisotopic (exact) mass is 476 g/mol. The van der Waals surface area contributed by atoms with Crippen LogP contribution in [0.15, 0.2) is 0 Å². The molecule has 0 heterocycles. The molecule has 31 heavy (non-hydrogen) atoms. The molecule has 0 saturated heterocycles. The minimum absolute atomic E-state index is 0.0140. The number of unbranched alkanes of at least 4 members (excludes halogenated alkanes) is 1. The molecule has 0 aliphatic heterocycles. The number of rotatable bonds is 16. The maximum Gasteiger partial charge on any atom is 0.243 e. The van der Waals surface area contributed by atoms with Crippen molar-refractivity contribution in [2.45, 2.75) is 96.4 Å². The first-order chi connectivity index (χ1) is 14.5. The molecule has 0 aliphatic carbocycles. The Morgan fingerprint density at radius 3 is 2.06 bits per heavy atom.